The van der Waals surface area contributed by atoms with Crippen molar-refractivity contribution in [3.63, 3.8) is 0 Å². The van der Waals surface area contributed by atoms with Crippen LogP contribution in [0, 0.1) is 23.7 Å². The van der Waals surface area contributed by atoms with E-state index in [1.807, 2.05) is 6.07 Å². The number of nitrogens with one attached hydrogen (secondary N) is 3. The summed E-state index contributed by atoms with van der Waals surface area (Å²) in [4.78, 5) is 101. The zero-order valence-corrected chi connectivity index (χ0v) is 29.0. The fourth-order valence-electron chi connectivity index (χ4n) is 4.74. The van der Waals surface area contributed by atoms with Gasteiger partial charge in [0.05, 0.1) is 45.1 Å². The molecule has 1 rings (SSSR count). The molecule has 0 bridgehead atoms. The SMILES string of the molecule is COC(=O)CC(CC(=O)[C@@H](NC(=O)OCc1ccccc1)C(C)C)C(=O)N[C@H](C(=O)CC(C)C(=O)N[C@@H](CC(=O)OC)C(=O)CF)C(C)C. The molecular weight excluding hydrogens is 645 g/mol. The van der Waals surface area contributed by atoms with Crippen LogP contribution in [0.3, 0.4) is 0 Å². The minimum absolute atomic E-state index is 0.0340. The van der Waals surface area contributed by atoms with E-state index in [-0.39, 0.29) is 6.61 Å². The van der Waals surface area contributed by atoms with E-state index in [0.29, 0.717) is 0 Å². The van der Waals surface area contributed by atoms with Crippen LogP contribution in [0.5, 0.6) is 0 Å². The van der Waals surface area contributed by atoms with Crippen molar-refractivity contribution in [2.45, 2.75) is 85.0 Å². The monoisotopic (exact) mass is 693 g/mol. The molecule has 1 aromatic carbocycles. The van der Waals surface area contributed by atoms with Gasteiger partial charge in [-0.15, -0.1) is 0 Å². The number of amides is 3. The highest BCUT2D eigenvalue weighted by atomic mass is 19.1. The van der Waals surface area contributed by atoms with Crippen LogP contribution in [0.4, 0.5) is 9.18 Å². The molecule has 3 amide bonds. The van der Waals surface area contributed by atoms with Crippen molar-refractivity contribution in [1.29, 1.82) is 0 Å². The summed E-state index contributed by atoms with van der Waals surface area (Å²) in [5, 5.41) is 7.38. The molecule has 0 aromatic heterocycles. The Morgan fingerprint density at radius 1 is 0.653 bits per heavy atom. The zero-order chi connectivity index (χ0) is 37.3. The van der Waals surface area contributed by atoms with Crippen LogP contribution in [-0.4, -0.2) is 86.2 Å². The van der Waals surface area contributed by atoms with Gasteiger partial charge in [-0.05, 0) is 17.4 Å². The third-order valence-electron chi connectivity index (χ3n) is 7.66. The number of rotatable bonds is 21. The fraction of sp³-hybridized carbons (Fsp3) is 0.588. The molecule has 0 fully saturated rings. The Bertz CT molecular complexity index is 1320. The van der Waals surface area contributed by atoms with Crippen molar-refractivity contribution in [1.82, 2.24) is 16.0 Å². The van der Waals surface area contributed by atoms with E-state index in [1.165, 1.54) is 6.92 Å². The number of Topliss-reactive ketones (excluding diaryl/α,β-unsaturated/α-hetero) is 3. The summed E-state index contributed by atoms with van der Waals surface area (Å²) in [6.45, 7) is 6.56. The van der Waals surface area contributed by atoms with Crippen molar-refractivity contribution < 1.29 is 57.0 Å². The zero-order valence-electron chi connectivity index (χ0n) is 29.0. The minimum Gasteiger partial charge on any atom is -0.469 e. The standard InChI is InChI=1S/C34H48FN3O11/c1-19(2)30(25(39)13-21(5)32(44)36-24(27(41)17-35)16-29(43)48-7)37-33(45)23(15-28(42)47-6)14-26(40)31(20(3)4)38-34(46)49-18-22-11-9-8-10-12-22/h8-12,19-21,23-24,30-31H,13-18H2,1-7H3,(H,36,44)(H,37,45)(H,38,46)/t21?,23?,24-,30-,31-/m0/s1. The van der Waals surface area contributed by atoms with Gasteiger partial charge in [-0.2, -0.15) is 0 Å². The molecule has 14 nitrogen and oxygen atoms in total. The molecular formula is C34H48FN3O11. The van der Waals surface area contributed by atoms with Crippen LogP contribution >= 0.6 is 0 Å². The van der Waals surface area contributed by atoms with E-state index in [0.717, 1.165) is 19.8 Å². The summed E-state index contributed by atoms with van der Waals surface area (Å²) in [6, 6.07) is 5.19. The predicted molar refractivity (Wildman–Crippen MR) is 173 cm³/mol. The lowest BCUT2D eigenvalue weighted by Gasteiger charge is -2.27. The highest BCUT2D eigenvalue weighted by molar-refractivity contribution is 5.97. The van der Waals surface area contributed by atoms with E-state index in [9.17, 15) is 42.7 Å². The van der Waals surface area contributed by atoms with Gasteiger partial charge in [0.1, 0.15) is 19.3 Å². The molecule has 49 heavy (non-hydrogen) atoms. The first-order chi connectivity index (χ1) is 23.0. The van der Waals surface area contributed by atoms with Crippen LogP contribution in [0.1, 0.15) is 65.9 Å². The number of carbonyl (C=O) groups is 8. The second kappa shape index (κ2) is 21.3. The number of methoxy groups -OCH3 is 2. The average molecular weight is 694 g/mol. The number of ketones is 3. The fourth-order valence-corrected chi connectivity index (χ4v) is 4.74. The van der Waals surface area contributed by atoms with Crippen molar-refractivity contribution in [3.05, 3.63) is 35.9 Å². The lowest BCUT2D eigenvalue weighted by molar-refractivity contribution is -0.145. The molecule has 1 aromatic rings. The molecule has 3 N–H and O–H groups in total. The molecule has 0 saturated heterocycles. The van der Waals surface area contributed by atoms with Gasteiger partial charge in [-0.1, -0.05) is 65.0 Å². The summed E-state index contributed by atoms with van der Waals surface area (Å²) in [7, 11) is 2.18. The van der Waals surface area contributed by atoms with Gasteiger partial charge in [-0.25, -0.2) is 9.18 Å². The number of halogens is 1. The van der Waals surface area contributed by atoms with Gasteiger partial charge in [0, 0.05) is 18.8 Å². The number of alkyl halides is 1. The number of alkyl carbamates (subject to hydrolysis) is 1. The number of esters is 2. The Kier molecular flexibility index (Phi) is 18.4. The van der Waals surface area contributed by atoms with Crippen LogP contribution in [0.15, 0.2) is 30.3 Å². The first-order valence-electron chi connectivity index (χ1n) is 15.9. The lowest BCUT2D eigenvalue weighted by Crippen LogP contribution is -2.50. The Labute approximate surface area is 285 Å². The van der Waals surface area contributed by atoms with Crippen LogP contribution < -0.4 is 16.0 Å². The number of hydrogen-bond acceptors (Lipinski definition) is 11. The molecule has 0 spiro atoms. The van der Waals surface area contributed by atoms with E-state index >= 15 is 0 Å². The summed E-state index contributed by atoms with van der Waals surface area (Å²) in [5.41, 5.74) is 0.735. The van der Waals surface area contributed by atoms with E-state index in [2.05, 4.69) is 20.7 Å². The van der Waals surface area contributed by atoms with E-state index in [1.54, 1.807) is 52.0 Å². The smallest absolute Gasteiger partial charge is 0.408 e. The molecule has 0 aliphatic rings. The van der Waals surface area contributed by atoms with Crippen molar-refractivity contribution in [2.24, 2.45) is 23.7 Å². The van der Waals surface area contributed by atoms with Crippen molar-refractivity contribution in [2.75, 3.05) is 20.9 Å². The normalized spacial score (nSPS) is 14.0. The van der Waals surface area contributed by atoms with Gasteiger partial charge in [-0.3, -0.25) is 33.6 Å². The second-order valence-corrected chi connectivity index (χ2v) is 12.3. The molecule has 272 valence electrons. The lowest BCUT2D eigenvalue weighted by atomic mass is 9.88. The Hall–Kier alpha value is -4.69. The summed E-state index contributed by atoms with van der Waals surface area (Å²) in [5.74, 6) is -8.65. The predicted octanol–water partition coefficient (Wildman–Crippen LogP) is 2.40. The molecule has 5 atom stereocenters. The Morgan fingerprint density at radius 3 is 1.71 bits per heavy atom. The highest BCUT2D eigenvalue weighted by Gasteiger charge is 2.35. The highest BCUT2D eigenvalue weighted by Crippen LogP contribution is 2.18. The first kappa shape index (κ1) is 42.3. The number of benzene rings is 1. The molecule has 0 aliphatic carbocycles. The molecule has 2 unspecified atom stereocenters. The minimum atomic E-state index is -1.49. The number of hydrogen-bond donors (Lipinski definition) is 3. The topological polar surface area (TPSA) is 200 Å². The molecule has 15 heteroatoms. The maximum absolute atomic E-state index is 13.5. The maximum atomic E-state index is 13.5. The molecule has 0 heterocycles. The summed E-state index contributed by atoms with van der Waals surface area (Å²) < 4.78 is 27.5. The Balaban J connectivity index is 3.03. The average Bonchev–Trinajstić information content (AvgIpc) is 3.06. The van der Waals surface area contributed by atoms with Gasteiger partial charge < -0.3 is 30.2 Å². The third kappa shape index (κ3) is 15.0. The van der Waals surface area contributed by atoms with Gasteiger partial charge in [0.15, 0.2) is 17.3 Å². The second-order valence-electron chi connectivity index (χ2n) is 12.3. The summed E-state index contributed by atoms with van der Waals surface area (Å²) >= 11 is 0. The number of ether oxygens (including phenoxy) is 3. The quantitative estimate of drug-likeness (QED) is 0.126. The third-order valence-corrected chi connectivity index (χ3v) is 7.66. The molecule has 0 saturated carbocycles. The first-order valence-corrected chi connectivity index (χ1v) is 15.9. The van der Waals surface area contributed by atoms with E-state index < -0.39 is 121 Å². The van der Waals surface area contributed by atoms with Gasteiger partial charge in [0.25, 0.3) is 0 Å². The van der Waals surface area contributed by atoms with Crippen LogP contribution in [-0.2, 0) is 54.4 Å². The van der Waals surface area contributed by atoms with Gasteiger partial charge in [0.2, 0.25) is 11.8 Å². The molecule has 0 radical (unpaired) electrons. The molecule has 0 aliphatic heterocycles. The van der Waals surface area contributed by atoms with Gasteiger partial charge >= 0.3 is 18.0 Å². The van der Waals surface area contributed by atoms with E-state index in [4.69, 9.17) is 9.47 Å². The maximum Gasteiger partial charge on any atom is 0.408 e. The van der Waals surface area contributed by atoms with Crippen LogP contribution in [0.2, 0.25) is 0 Å². The Morgan fingerprint density at radius 2 is 1.18 bits per heavy atom. The van der Waals surface area contributed by atoms with Crippen LogP contribution in [0.25, 0.3) is 0 Å². The van der Waals surface area contributed by atoms with Crippen molar-refractivity contribution in [3.8, 4) is 0 Å². The summed E-state index contributed by atoms with van der Waals surface area (Å²) in [6.07, 6.45) is -2.84. The largest absolute Gasteiger partial charge is 0.469 e. The number of carbonyl (C=O) groups excluding carboxylic acids is 8. The van der Waals surface area contributed by atoms with Crippen molar-refractivity contribution >= 4 is 47.2 Å².